The van der Waals surface area contributed by atoms with Gasteiger partial charge in [0.2, 0.25) is 0 Å². The van der Waals surface area contributed by atoms with Crippen LogP contribution < -0.4 is 4.74 Å². The highest BCUT2D eigenvalue weighted by atomic mass is 19.1. The number of rotatable bonds is 6. The predicted octanol–water partition coefficient (Wildman–Crippen LogP) is 6.63. The Hall–Kier alpha value is -4.45. The Morgan fingerprint density at radius 3 is 2.41 bits per heavy atom. The van der Waals surface area contributed by atoms with Crippen molar-refractivity contribution >= 4 is 16.9 Å². The van der Waals surface area contributed by atoms with Crippen LogP contribution in [0.2, 0.25) is 0 Å². The molecule has 0 aliphatic carbocycles. The molecule has 0 spiro atoms. The standard InChI is InChI=1S/C28H23F3N2O4/c1-14-9-15(10-19(31)23(14)27(35)36)24-25-20(11-16(29)12-21(25)34)33(26(24)28(2,3)7-8-32)17-5-6-18(30)22(13-17)37-4/h5-6,9-13,34H,7H2,1-4H3,(H,35,36). The number of carboxylic acids is 1. The molecule has 0 atom stereocenters. The molecular weight excluding hydrogens is 485 g/mol. The molecule has 4 rings (SSSR count). The molecular formula is C28H23F3N2O4. The number of hydrogen-bond acceptors (Lipinski definition) is 4. The first-order chi connectivity index (χ1) is 17.4. The van der Waals surface area contributed by atoms with Gasteiger partial charge >= 0.3 is 5.97 Å². The van der Waals surface area contributed by atoms with Crippen molar-refractivity contribution in [1.82, 2.24) is 4.57 Å². The van der Waals surface area contributed by atoms with E-state index in [9.17, 15) is 29.1 Å². The summed E-state index contributed by atoms with van der Waals surface area (Å²) < 4.78 is 50.6. The minimum Gasteiger partial charge on any atom is -0.507 e. The summed E-state index contributed by atoms with van der Waals surface area (Å²) in [7, 11) is 1.29. The summed E-state index contributed by atoms with van der Waals surface area (Å²) in [6, 6.07) is 10.7. The Bertz CT molecular complexity index is 1590. The zero-order chi connectivity index (χ0) is 27.2. The molecule has 0 aliphatic rings. The normalized spacial score (nSPS) is 11.5. The van der Waals surface area contributed by atoms with Gasteiger partial charge in [0.1, 0.15) is 17.4 Å². The van der Waals surface area contributed by atoms with Gasteiger partial charge in [0.05, 0.1) is 29.6 Å². The van der Waals surface area contributed by atoms with Crippen LogP contribution in [0, 0.1) is 35.7 Å². The Labute approximate surface area is 210 Å². The van der Waals surface area contributed by atoms with E-state index in [1.807, 2.05) is 0 Å². The Kier molecular flexibility index (Phi) is 6.38. The summed E-state index contributed by atoms with van der Waals surface area (Å²) in [5.74, 6) is -4.32. The van der Waals surface area contributed by atoms with Crippen molar-refractivity contribution in [3.8, 4) is 34.4 Å². The lowest BCUT2D eigenvalue weighted by Gasteiger charge is -2.27. The molecule has 0 bridgehead atoms. The summed E-state index contributed by atoms with van der Waals surface area (Å²) in [5.41, 5.74) is 0.128. The van der Waals surface area contributed by atoms with Crippen molar-refractivity contribution in [2.75, 3.05) is 7.11 Å². The van der Waals surface area contributed by atoms with Crippen LogP contribution in [0.5, 0.6) is 11.5 Å². The number of benzene rings is 3. The molecule has 190 valence electrons. The van der Waals surface area contributed by atoms with Crippen molar-refractivity contribution in [2.24, 2.45) is 0 Å². The number of nitrogens with zero attached hydrogens (tertiary/aromatic N) is 2. The van der Waals surface area contributed by atoms with Crippen LogP contribution in [0.4, 0.5) is 13.2 Å². The lowest BCUT2D eigenvalue weighted by Crippen LogP contribution is -2.22. The monoisotopic (exact) mass is 508 g/mol. The number of methoxy groups -OCH3 is 1. The van der Waals surface area contributed by atoms with Crippen molar-refractivity contribution in [3.05, 3.63) is 76.7 Å². The fourth-order valence-electron chi connectivity index (χ4n) is 4.78. The SMILES string of the molecule is COc1cc(-n2c(C(C)(C)CC#N)c(-c3cc(C)c(C(=O)O)c(F)c3)c3c(O)cc(F)cc32)ccc1F. The van der Waals surface area contributed by atoms with Gasteiger partial charge in [-0.2, -0.15) is 5.26 Å². The number of aromatic nitrogens is 1. The maximum Gasteiger partial charge on any atom is 0.338 e. The maximum atomic E-state index is 15.0. The van der Waals surface area contributed by atoms with Gasteiger partial charge < -0.3 is 19.5 Å². The predicted molar refractivity (Wildman–Crippen MR) is 132 cm³/mol. The second kappa shape index (κ2) is 9.21. The molecule has 37 heavy (non-hydrogen) atoms. The molecule has 6 nitrogen and oxygen atoms in total. The number of carboxylic acid groups (broad SMARTS) is 1. The number of fused-ring (bicyclic) bond motifs is 1. The number of aromatic hydroxyl groups is 1. The zero-order valence-corrected chi connectivity index (χ0v) is 20.5. The summed E-state index contributed by atoms with van der Waals surface area (Å²) in [4.78, 5) is 11.6. The highest BCUT2D eigenvalue weighted by molar-refractivity contribution is 6.04. The summed E-state index contributed by atoms with van der Waals surface area (Å²) in [6.07, 6.45) is -0.0213. The van der Waals surface area contributed by atoms with E-state index in [2.05, 4.69) is 6.07 Å². The third-order valence-corrected chi connectivity index (χ3v) is 6.36. The van der Waals surface area contributed by atoms with Gasteiger partial charge in [-0.25, -0.2) is 18.0 Å². The fourth-order valence-corrected chi connectivity index (χ4v) is 4.78. The molecule has 1 aromatic heterocycles. The number of carbonyl (C=O) groups is 1. The number of halogens is 3. The smallest absolute Gasteiger partial charge is 0.338 e. The minimum absolute atomic E-state index is 0.0213. The molecule has 0 saturated carbocycles. The van der Waals surface area contributed by atoms with Crippen molar-refractivity contribution < 1.29 is 32.9 Å². The van der Waals surface area contributed by atoms with Crippen LogP contribution in [0.15, 0.2) is 42.5 Å². The van der Waals surface area contributed by atoms with Gasteiger partial charge in [0, 0.05) is 40.9 Å². The van der Waals surface area contributed by atoms with E-state index < -0.39 is 40.1 Å². The van der Waals surface area contributed by atoms with Crippen LogP contribution in [0.1, 0.15) is 41.9 Å². The van der Waals surface area contributed by atoms with E-state index >= 15 is 4.39 Å². The highest BCUT2D eigenvalue weighted by Gasteiger charge is 2.34. The highest BCUT2D eigenvalue weighted by Crippen LogP contribution is 2.48. The lowest BCUT2D eigenvalue weighted by atomic mass is 9.81. The topological polar surface area (TPSA) is 95.5 Å². The molecule has 0 saturated heterocycles. The van der Waals surface area contributed by atoms with E-state index in [1.54, 1.807) is 18.4 Å². The molecule has 1 heterocycles. The Balaban J connectivity index is 2.26. The lowest BCUT2D eigenvalue weighted by molar-refractivity contribution is 0.0691. The van der Waals surface area contributed by atoms with Gasteiger partial charge in [-0.05, 0) is 42.3 Å². The number of aryl methyl sites for hydroxylation is 1. The van der Waals surface area contributed by atoms with Crippen LogP contribution in [-0.2, 0) is 5.41 Å². The van der Waals surface area contributed by atoms with Gasteiger partial charge in [0.15, 0.2) is 11.6 Å². The summed E-state index contributed by atoms with van der Waals surface area (Å²) >= 11 is 0. The molecule has 0 fully saturated rings. The van der Waals surface area contributed by atoms with E-state index in [0.29, 0.717) is 11.4 Å². The largest absolute Gasteiger partial charge is 0.507 e. The molecule has 9 heteroatoms. The zero-order valence-electron chi connectivity index (χ0n) is 20.5. The molecule has 0 radical (unpaired) electrons. The Morgan fingerprint density at radius 2 is 1.81 bits per heavy atom. The second-order valence-corrected chi connectivity index (χ2v) is 9.37. The van der Waals surface area contributed by atoms with Crippen LogP contribution in [0.3, 0.4) is 0 Å². The van der Waals surface area contributed by atoms with Crippen LogP contribution >= 0.6 is 0 Å². The van der Waals surface area contributed by atoms with Crippen molar-refractivity contribution in [1.29, 1.82) is 5.26 Å². The average Bonchev–Trinajstić information content (AvgIpc) is 3.15. The first kappa shape index (κ1) is 25.6. The number of phenols is 1. The van der Waals surface area contributed by atoms with Crippen molar-refractivity contribution in [3.63, 3.8) is 0 Å². The van der Waals surface area contributed by atoms with Gasteiger partial charge in [-0.1, -0.05) is 19.9 Å². The first-order valence-electron chi connectivity index (χ1n) is 11.2. The van der Waals surface area contributed by atoms with Crippen LogP contribution in [-0.4, -0.2) is 27.9 Å². The number of ether oxygens (including phenoxy) is 1. The van der Waals surface area contributed by atoms with E-state index in [4.69, 9.17) is 4.74 Å². The van der Waals surface area contributed by atoms with E-state index in [0.717, 1.165) is 12.1 Å². The number of hydrogen-bond donors (Lipinski definition) is 2. The summed E-state index contributed by atoms with van der Waals surface area (Å²) in [6.45, 7) is 4.96. The van der Waals surface area contributed by atoms with Gasteiger partial charge in [0.25, 0.3) is 0 Å². The average molecular weight is 508 g/mol. The number of phenolic OH excluding ortho intramolecular Hbond substituents is 1. The molecule has 3 aromatic carbocycles. The molecule has 0 aliphatic heterocycles. The number of aromatic carboxylic acids is 1. The van der Waals surface area contributed by atoms with E-state index in [1.165, 1.54) is 44.4 Å². The van der Waals surface area contributed by atoms with Crippen molar-refractivity contribution in [2.45, 2.75) is 32.6 Å². The third-order valence-electron chi connectivity index (χ3n) is 6.36. The molecule has 0 unspecified atom stereocenters. The van der Waals surface area contributed by atoms with Crippen LogP contribution in [0.25, 0.3) is 27.7 Å². The van der Waals surface area contributed by atoms with E-state index in [-0.39, 0.29) is 39.8 Å². The minimum atomic E-state index is -1.43. The quantitative estimate of drug-likeness (QED) is 0.305. The summed E-state index contributed by atoms with van der Waals surface area (Å²) in [5, 5.41) is 30.1. The van der Waals surface area contributed by atoms with Gasteiger partial charge in [-0.15, -0.1) is 0 Å². The Morgan fingerprint density at radius 1 is 1.11 bits per heavy atom. The third kappa shape index (κ3) is 4.25. The fraction of sp³-hybridized carbons (Fsp3) is 0.214. The van der Waals surface area contributed by atoms with Gasteiger partial charge in [-0.3, -0.25) is 0 Å². The number of nitriles is 1. The molecule has 4 aromatic rings. The molecule has 0 amide bonds. The first-order valence-corrected chi connectivity index (χ1v) is 11.2. The maximum absolute atomic E-state index is 15.0. The molecule has 2 N–H and O–H groups in total. The second-order valence-electron chi connectivity index (χ2n) is 9.37.